The van der Waals surface area contributed by atoms with Crippen molar-refractivity contribution in [2.24, 2.45) is 0 Å². The van der Waals surface area contributed by atoms with Crippen LogP contribution >= 0.6 is 0 Å². The summed E-state index contributed by atoms with van der Waals surface area (Å²) in [6, 6.07) is 26.7. The molecule has 2 N–H and O–H groups in total. The van der Waals surface area contributed by atoms with Gasteiger partial charge < -0.3 is 5.32 Å². The highest BCUT2D eigenvalue weighted by Gasteiger charge is 2.23. The summed E-state index contributed by atoms with van der Waals surface area (Å²) in [7, 11) is 0. The third kappa shape index (κ3) is 4.67. The number of nitrogens with zero attached hydrogens (tertiary/aromatic N) is 1. The van der Waals surface area contributed by atoms with Gasteiger partial charge in [0.1, 0.15) is 5.56 Å². The molecule has 1 aromatic heterocycles. The molecule has 0 spiro atoms. The van der Waals surface area contributed by atoms with E-state index in [1.165, 1.54) is 5.56 Å². The van der Waals surface area contributed by atoms with Crippen LogP contribution in [0.1, 0.15) is 35.7 Å². The predicted molar refractivity (Wildman–Crippen MR) is 129 cm³/mol. The van der Waals surface area contributed by atoms with Crippen LogP contribution < -0.4 is 10.9 Å². The zero-order valence-corrected chi connectivity index (χ0v) is 18.0. The van der Waals surface area contributed by atoms with Crippen LogP contribution in [-0.4, -0.2) is 16.1 Å². The number of aromatic nitrogens is 2. The van der Waals surface area contributed by atoms with E-state index in [2.05, 4.69) is 22.4 Å². The van der Waals surface area contributed by atoms with Gasteiger partial charge in [-0.15, -0.1) is 0 Å². The normalized spacial score (nSPS) is 10.7. The molecule has 4 rings (SSSR count). The number of aromatic amines is 1. The number of nitrogens with one attached hydrogen (secondary N) is 2. The minimum absolute atomic E-state index is 0.0418. The van der Waals surface area contributed by atoms with Crippen LogP contribution in [0.15, 0.2) is 89.7 Å². The van der Waals surface area contributed by atoms with Gasteiger partial charge in [0.05, 0.1) is 5.69 Å². The highest BCUT2D eigenvalue weighted by molar-refractivity contribution is 6.10. The molecule has 0 bridgehead atoms. The smallest absolute Gasteiger partial charge is 0.277 e. The molecule has 3 aromatic carbocycles. The second kappa shape index (κ2) is 9.88. The van der Waals surface area contributed by atoms with Crippen molar-refractivity contribution >= 4 is 11.6 Å². The van der Waals surface area contributed by atoms with Crippen molar-refractivity contribution in [3.8, 4) is 22.4 Å². The molecule has 0 aliphatic carbocycles. The van der Waals surface area contributed by atoms with Crippen molar-refractivity contribution in [1.82, 2.24) is 10.2 Å². The predicted octanol–water partition coefficient (Wildman–Crippen LogP) is 5.70. The van der Waals surface area contributed by atoms with Crippen molar-refractivity contribution in [3.05, 3.63) is 106 Å². The molecule has 0 radical (unpaired) electrons. The van der Waals surface area contributed by atoms with Gasteiger partial charge in [-0.25, -0.2) is 5.10 Å². The van der Waals surface area contributed by atoms with Gasteiger partial charge in [0.25, 0.3) is 11.5 Å². The SMILES string of the molecule is CCCCc1ccc(NC(=O)c2c(-c3ccccc3)c(-c3ccccc3)n[nH]c2=O)cc1. The lowest BCUT2D eigenvalue weighted by atomic mass is 9.95. The van der Waals surface area contributed by atoms with E-state index in [1.54, 1.807) is 0 Å². The van der Waals surface area contributed by atoms with Crippen LogP contribution in [0, 0.1) is 0 Å². The van der Waals surface area contributed by atoms with Gasteiger partial charge in [0.15, 0.2) is 0 Å². The Balaban J connectivity index is 1.76. The summed E-state index contributed by atoms with van der Waals surface area (Å²) in [6.45, 7) is 2.16. The van der Waals surface area contributed by atoms with Crippen molar-refractivity contribution in [3.63, 3.8) is 0 Å². The summed E-state index contributed by atoms with van der Waals surface area (Å²) in [5.41, 5.74) is 4.02. The maximum absolute atomic E-state index is 13.3. The molecule has 0 saturated heterocycles. The second-order valence-corrected chi connectivity index (χ2v) is 7.64. The highest BCUT2D eigenvalue weighted by atomic mass is 16.2. The van der Waals surface area contributed by atoms with E-state index in [0.29, 0.717) is 16.9 Å². The summed E-state index contributed by atoms with van der Waals surface area (Å²) in [5, 5.41) is 9.69. The molecule has 0 unspecified atom stereocenters. The standard InChI is InChI=1S/C27H25N3O2/c1-2-3-10-19-15-17-22(18-16-19)28-26(31)24-23(20-11-6-4-7-12-20)25(29-30-27(24)32)21-13-8-5-9-14-21/h4-9,11-18H,2-3,10H2,1H3,(H,28,31)(H,30,32). The molecule has 0 aliphatic heterocycles. The Bertz CT molecular complexity index is 1250. The van der Waals surface area contributed by atoms with Crippen LogP contribution in [0.2, 0.25) is 0 Å². The number of rotatable bonds is 7. The first kappa shape index (κ1) is 21.2. The lowest BCUT2D eigenvalue weighted by molar-refractivity contribution is 0.102. The molecule has 5 nitrogen and oxygen atoms in total. The van der Waals surface area contributed by atoms with Gasteiger partial charge in [0.2, 0.25) is 0 Å². The minimum atomic E-state index is -0.527. The summed E-state index contributed by atoms with van der Waals surface area (Å²) >= 11 is 0. The maximum Gasteiger partial charge on any atom is 0.277 e. The number of amides is 1. The first-order valence-electron chi connectivity index (χ1n) is 10.8. The van der Waals surface area contributed by atoms with Crippen molar-refractivity contribution in [2.45, 2.75) is 26.2 Å². The first-order chi connectivity index (χ1) is 15.7. The number of carbonyl (C=O) groups excluding carboxylic acids is 1. The number of H-pyrrole nitrogens is 1. The molecular weight excluding hydrogens is 398 g/mol. The molecule has 160 valence electrons. The fourth-order valence-electron chi connectivity index (χ4n) is 3.69. The zero-order valence-electron chi connectivity index (χ0n) is 18.0. The van der Waals surface area contributed by atoms with E-state index < -0.39 is 11.5 Å². The van der Waals surface area contributed by atoms with E-state index in [9.17, 15) is 9.59 Å². The number of anilines is 1. The second-order valence-electron chi connectivity index (χ2n) is 7.64. The average molecular weight is 424 g/mol. The van der Waals surface area contributed by atoms with E-state index in [4.69, 9.17) is 0 Å². The van der Waals surface area contributed by atoms with Crippen LogP contribution in [0.4, 0.5) is 5.69 Å². The van der Waals surface area contributed by atoms with Gasteiger partial charge >= 0.3 is 0 Å². The third-order valence-electron chi connectivity index (χ3n) is 5.35. The lowest BCUT2D eigenvalue weighted by Crippen LogP contribution is -2.26. The Hall–Kier alpha value is -3.99. The van der Waals surface area contributed by atoms with Gasteiger partial charge in [-0.05, 0) is 36.1 Å². The molecule has 1 amide bonds. The number of benzene rings is 3. The average Bonchev–Trinajstić information content (AvgIpc) is 2.84. The molecular formula is C27H25N3O2. The zero-order chi connectivity index (χ0) is 22.3. The summed E-state index contributed by atoms with van der Waals surface area (Å²) in [5.74, 6) is -0.467. The fourth-order valence-corrected chi connectivity index (χ4v) is 3.69. The largest absolute Gasteiger partial charge is 0.322 e. The van der Waals surface area contributed by atoms with Gasteiger partial charge in [-0.3, -0.25) is 9.59 Å². The highest BCUT2D eigenvalue weighted by Crippen LogP contribution is 2.31. The Morgan fingerprint density at radius 1 is 0.875 bits per heavy atom. The number of unbranched alkanes of at least 4 members (excludes halogenated alkanes) is 1. The summed E-state index contributed by atoms with van der Waals surface area (Å²) in [6.07, 6.45) is 3.27. The molecule has 0 fully saturated rings. The summed E-state index contributed by atoms with van der Waals surface area (Å²) < 4.78 is 0. The summed E-state index contributed by atoms with van der Waals surface area (Å²) in [4.78, 5) is 26.1. The first-order valence-corrected chi connectivity index (χ1v) is 10.8. The fraction of sp³-hybridized carbons (Fsp3) is 0.148. The van der Waals surface area contributed by atoms with Crippen molar-refractivity contribution < 1.29 is 4.79 Å². The maximum atomic E-state index is 13.3. The number of hydrogen-bond acceptors (Lipinski definition) is 3. The van der Waals surface area contributed by atoms with Crippen LogP contribution in [0.3, 0.4) is 0 Å². The monoisotopic (exact) mass is 423 g/mol. The third-order valence-corrected chi connectivity index (χ3v) is 5.35. The molecule has 4 aromatic rings. The van der Waals surface area contributed by atoms with E-state index in [0.717, 1.165) is 30.4 Å². The molecule has 0 aliphatic rings. The van der Waals surface area contributed by atoms with Gasteiger partial charge in [-0.1, -0.05) is 86.1 Å². The van der Waals surface area contributed by atoms with E-state index in [1.807, 2.05) is 84.9 Å². The molecule has 5 heteroatoms. The number of aryl methyl sites for hydroxylation is 1. The molecule has 32 heavy (non-hydrogen) atoms. The Morgan fingerprint density at radius 3 is 2.12 bits per heavy atom. The van der Waals surface area contributed by atoms with Crippen LogP contribution in [0.25, 0.3) is 22.4 Å². The van der Waals surface area contributed by atoms with Gasteiger partial charge in [0, 0.05) is 16.8 Å². The lowest BCUT2D eigenvalue weighted by Gasteiger charge is -2.14. The topological polar surface area (TPSA) is 74.8 Å². The van der Waals surface area contributed by atoms with Gasteiger partial charge in [-0.2, -0.15) is 5.10 Å². The van der Waals surface area contributed by atoms with Crippen molar-refractivity contribution in [2.75, 3.05) is 5.32 Å². The molecule has 0 atom stereocenters. The Morgan fingerprint density at radius 2 is 1.50 bits per heavy atom. The molecule has 1 heterocycles. The number of hydrogen-bond donors (Lipinski definition) is 2. The minimum Gasteiger partial charge on any atom is -0.322 e. The van der Waals surface area contributed by atoms with Crippen LogP contribution in [0.5, 0.6) is 0 Å². The van der Waals surface area contributed by atoms with E-state index >= 15 is 0 Å². The Labute approximate surface area is 187 Å². The quantitative estimate of drug-likeness (QED) is 0.400. The Kier molecular flexibility index (Phi) is 6.56. The number of carbonyl (C=O) groups is 1. The van der Waals surface area contributed by atoms with Crippen LogP contribution in [-0.2, 0) is 6.42 Å². The molecule has 0 saturated carbocycles. The van der Waals surface area contributed by atoms with Crippen molar-refractivity contribution in [1.29, 1.82) is 0 Å². The van der Waals surface area contributed by atoms with E-state index in [-0.39, 0.29) is 5.56 Å².